The Labute approximate surface area is 186 Å². The molecule has 1 atom stereocenters. The van der Waals surface area contributed by atoms with Gasteiger partial charge < -0.3 is 20.1 Å². The Hall–Kier alpha value is -1.98. The Balaban J connectivity index is 0.00000300. The van der Waals surface area contributed by atoms with Crippen molar-refractivity contribution in [3.05, 3.63) is 41.5 Å². The molecule has 0 bridgehead atoms. The quantitative estimate of drug-likeness (QED) is 0.253. The van der Waals surface area contributed by atoms with Gasteiger partial charge in [-0.05, 0) is 38.8 Å². The van der Waals surface area contributed by atoms with Crippen LogP contribution in [0.25, 0.3) is 0 Å². The van der Waals surface area contributed by atoms with Gasteiger partial charge in [-0.1, -0.05) is 11.2 Å². The van der Waals surface area contributed by atoms with Gasteiger partial charge in [0.1, 0.15) is 17.3 Å². The number of nitrogens with zero attached hydrogens (tertiary/aromatic N) is 4. The smallest absolute Gasteiger partial charge is 0.226 e. The fourth-order valence-electron chi connectivity index (χ4n) is 3.25. The maximum atomic E-state index is 14.0. The van der Waals surface area contributed by atoms with E-state index in [9.17, 15) is 8.78 Å². The molecule has 1 aliphatic heterocycles. The Morgan fingerprint density at radius 2 is 2.10 bits per heavy atom. The number of halogens is 3. The lowest BCUT2D eigenvalue weighted by molar-refractivity contribution is 0.372. The fourth-order valence-corrected chi connectivity index (χ4v) is 3.25. The van der Waals surface area contributed by atoms with Crippen LogP contribution in [0.1, 0.15) is 31.5 Å². The second-order valence-corrected chi connectivity index (χ2v) is 6.75. The van der Waals surface area contributed by atoms with Crippen molar-refractivity contribution in [1.82, 2.24) is 20.8 Å². The number of hydrogen-bond donors (Lipinski definition) is 2. The van der Waals surface area contributed by atoms with Gasteiger partial charge in [0.25, 0.3) is 0 Å². The first-order chi connectivity index (χ1) is 13.6. The summed E-state index contributed by atoms with van der Waals surface area (Å²) in [5.41, 5.74) is 0.0450. The van der Waals surface area contributed by atoms with Gasteiger partial charge in [0.2, 0.25) is 5.89 Å². The molecular weight excluding hydrogens is 493 g/mol. The van der Waals surface area contributed by atoms with Crippen LogP contribution in [0.3, 0.4) is 0 Å². The van der Waals surface area contributed by atoms with E-state index in [0.717, 1.165) is 19.4 Å². The summed E-state index contributed by atoms with van der Waals surface area (Å²) in [6, 6.07) is 4.02. The van der Waals surface area contributed by atoms with Crippen molar-refractivity contribution in [3.63, 3.8) is 0 Å². The molecule has 3 rings (SSSR count). The summed E-state index contributed by atoms with van der Waals surface area (Å²) in [6.07, 6.45) is 2.24. The number of nitrogens with one attached hydrogen (secondary N) is 2. The average molecular weight is 520 g/mol. The number of aliphatic imine (C=N–C) groups is 1. The van der Waals surface area contributed by atoms with Crippen LogP contribution in [0.2, 0.25) is 0 Å². The topological polar surface area (TPSA) is 78.6 Å². The van der Waals surface area contributed by atoms with Crippen molar-refractivity contribution in [2.45, 2.75) is 39.2 Å². The van der Waals surface area contributed by atoms with E-state index in [-0.39, 0.29) is 35.7 Å². The third-order valence-corrected chi connectivity index (χ3v) is 4.52. The molecule has 0 aliphatic carbocycles. The van der Waals surface area contributed by atoms with Crippen molar-refractivity contribution in [2.24, 2.45) is 4.99 Å². The Kier molecular flexibility index (Phi) is 9.05. The van der Waals surface area contributed by atoms with Crippen LogP contribution in [0.15, 0.2) is 27.7 Å². The fraction of sp³-hybridized carbons (Fsp3) is 0.526. The Bertz CT molecular complexity index is 795. The molecule has 0 amide bonds. The third-order valence-electron chi connectivity index (χ3n) is 4.52. The summed E-state index contributed by atoms with van der Waals surface area (Å²) in [5, 5.41) is 10.3. The molecule has 1 aromatic carbocycles. The number of anilines is 1. The summed E-state index contributed by atoms with van der Waals surface area (Å²) in [4.78, 5) is 10.5. The zero-order valence-electron chi connectivity index (χ0n) is 16.6. The molecule has 2 aromatic rings. The summed E-state index contributed by atoms with van der Waals surface area (Å²) >= 11 is 0. The lowest BCUT2D eigenvalue weighted by Gasteiger charge is -2.21. The molecule has 0 spiro atoms. The maximum absolute atomic E-state index is 14.0. The normalized spacial score (nSPS) is 16.6. The Morgan fingerprint density at radius 1 is 1.34 bits per heavy atom. The van der Waals surface area contributed by atoms with Gasteiger partial charge >= 0.3 is 0 Å². The lowest BCUT2D eigenvalue weighted by atomic mass is 10.2. The monoisotopic (exact) mass is 520 g/mol. The number of aromatic nitrogens is 2. The highest BCUT2D eigenvalue weighted by Gasteiger charge is 2.27. The number of benzene rings is 1. The van der Waals surface area contributed by atoms with Crippen LogP contribution >= 0.6 is 24.0 Å². The van der Waals surface area contributed by atoms with E-state index in [1.165, 1.54) is 18.2 Å². The van der Waals surface area contributed by atoms with Gasteiger partial charge in [-0.2, -0.15) is 4.98 Å². The van der Waals surface area contributed by atoms with E-state index in [0.29, 0.717) is 43.7 Å². The van der Waals surface area contributed by atoms with Crippen molar-refractivity contribution < 1.29 is 13.3 Å². The predicted octanol–water partition coefficient (Wildman–Crippen LogP) is 3.04. The molecular formula is C19H27F2IN6O. The maximum Gasteiger partial charge on any atom is 0.226 e. The highest BCUT2D eigenvalue weighted by Crippen LogP contribution is 2.26. The first kappa shape index (κ1) is 23.3. The van der Waals surface area contributed by atoms with Crippen LogP contribution in [0, 0.1) is 18.6 Å². The van der Waals surface area contributed by atoms with Gasteiger partial charge in [0.15, 0.2) is 11.8 Å². The highest BCUT2D eigenvalue weighted by atomic mass is 127. The van der Waals surface area contributed by atoms with Crippen LogP contribution < -0.4 is 15.5 Å². The second-order valence-electron chi connectivity index (χ2n) is 6.75. The van der Waals surface area contributed by atoms with Crippen molar-refractivity contribution in [2.75, 3.05) is 31.1 Å². The number of rotatable bonds is 7. The third kappa shape index (κ3) is 6.51. The minimum Gasteiger partial charge on any atom is -0.365 e. The summed E-state index contributed by atoms with van der Waals surface area (Å²) in [6.45, 7) is 6.22. The van der Waals surface area contributed by atoms with Gasteiger partial charge in [0, 0.05) is 38.6 Å². The van der Waals surface area contributed by atoms with Crippen molar-refractivity contribution >= 4 is 35.6 Å². The minimum atomic E-state index is -0.530. The highest BCUT2D eigenvalue weighted by molar-refractivity contribution is 14.0. The first-order valence-corrected chi connectivity index (χ1v) is 9.59. The van der Waals surface area contributed by atoms with Crippen LogP contribution in [-0.2, 0) is 6.42 Å². The molecule has 160 valence electrons. The second kappa shape index (κ2) is 11.3. The molecule has 0 saturated carbocycles. The zero-order valence-corrected chi connectivity index (χ0v) is 19.0. The van der Waals surface area contributed by atoms with Crippen molar-refractivity contribution in [3.8, 4) is 0 Å². The summed E-state index contributed by atoms with van der Waals surface area (Å²) in [5.74, 6) is 0.884. The Morgan fingerprint density at radius 3 is 2.76 bits per heavy atom. The summed E-state index contributed by atoms with van der Waals surface area (Å²) < 4.78 is 33.1. The van der Waals surface area contributed by atoms with E-state index >= 15 is 0 Å². The molecule has 2 heterocycles. The van der Waals surface area contributed by atoms with Crippen LogP contribution in [0.5, 0.6) is 0 Å². The first-order valence-electron chi connectivity index (χ1n) is 9.59. The van der Waals surface area contributed by atoms with Crippen LogP contribution in [0.4, 0.5) is 14.5 Å². The van der Waals surface area contributed by atoms with Crippen LogP contribution in [-0.4, -0.2) is 48.3 Å². The predicted molar refractivity (Wildman–Crippen MR) is 119 cm³/mol. The van der Waals surface area contributed by atoms with E-state index in [1.54, 1.807) is 11.8 Å². The van der Waals surface area contributed by atoms with Gasteiger partial charge in [-0.25, -0.2) is 8.78 Å². The standard InChI is InChI=1S/C19H26F2N6O.HI/c1-3-22-19(23-10-5-8-17-24-13(2)26-28-17)25-14-9-11-27(12-14)18-15(20)6-4-7-16(18)21;/h4,6-7,14H,3,5,8-12H2,1-2H3,(H2,22,23,25);1H. The van der Waals surface area contributed by atoms with Gasteiger partial charge in [-0.3, -0.25) is 4.99 Å². The molecule has 10 heteroatoms. The largest absolute Gasteiger partial charge is 0.365 e. The zero-order chi connectivity index (χ0) is 19.9. The van der Waals surface area contributed by atoms with Gasteiger partial charge in [-0.15, -0.1) is 24.0 Å². The average Bonchev–Trinajstić information content (AvgIpc) is 3.28. The molecule has 1 aliphatic rings. The molecule has 2 N–H and O–H groups in total. The SMILES string of the molecule is CCNC(=NCCCc1nc(C)no1)NC1CCN(c2c(F)cccc2F)C1.I. The van der Waals surface area contributed by atoms with Crippen molar-refractivity contribution in [1.29, 1.82) is 0 Å². The number of guanidine groups is 1. The number of aryl methyl sites for hydroxylation is 2. The molecule has 0 radical (unpaired) electrons. The number of para-hydroxylation sites is 1. The molecule has 1 aromatic heterocycles. The summed E-state index contributed by atoms with van der Waals surface area (Å²) in [7, 11) is 0. The number of hydrogen-bond acceptors (Lipinski definition) is 5. The van der Waals surface area contributed by atoms with E-state index < -0.39 is 11.6 Å². The minimum absolute atomic E-state index is 0. The molecule has 1 unspecified atom stereocenters. The molecule has 29 heavy (non-hydrogen) atoms. The molecule has 1 fully saturated rings. The molecule has 7 nitrogen and oxygen atoms in total. The van der Waals surface area contributed by atoms with Gasteiger partial charge in [0.05, 0.1) is 0 Å². The molecule has 1 saturated heterocycles. The van der Waals surface area contributed by atoms with E-state index in [4.69, 9.17) is 4.52 Å². The van der Waals surface area contributed by atoms with E-state index in [2.05, 4.69) is 25.8 Å². The lowest BCUT2D eigenvalue weighted by Crippen LogP contribution is -2.44. The van der Waals surface area contributed by atoms with E-state index in [1.807, 2.05) is 6.92 Å².